The van der Waals surface area contributed by atoms with E-state index in [0.717, 1.165) is 4.90 Å². The number of carbonyl (C=O) groups is 2. The third-order valence-electron chi connectivity index (χ3n) is 6.34. The summed E-state index contributed by atoms with van der Waals surface area (Å²) in [5.74, 6) is -2.53. The molecule has 0 bridgehead atoms. The van der Waals surface area contributed by atoms with Gasteiger partial charge in [-0.15, -0.1) is 0 Å². The summed E-state index contributed by atoms with van der Waals surface area (Å²) in [6.07, 6.45) is -1.29. The van der Waals surface area contributed by atoms with E-state index in [0.29, 0.717) is 5.56 Å². The minimum absolute atomic E-state index is 0.0841. The molecule has 0 spiro atoms. The summed E-state index contributed by atoms with van der Waals surface area (Å²) < 4.78 is 5.50. The maximum Gasteiger partial charge on any atom is 0.271 e. The minimum atomic E-state index is -1.29. The quantitative estimate of drug-likeness (QED) is 0.254. The number of nitro groups is 2. The average molecular weight is 585 g/mol. The molecule has 14 heteroatoms. The number of halogens is 1. The predicted molar refractivity (Wildman–Crippen MR) is 135 cm³/mol. The molecule has 38 heavy (non-hydrogen) atoms. The number of ether oxygens (including phenoxy) is 1. The van der Waals surface area contributed by atoms with E-state index in [9.17, 15) is 34.9 Å². The second-order valence-corrected chi connectivity index (χ2v) is 9.29. The number of benzene rings is 3. The summed E-state index contributed by atoms with van der Waals surface area (Å²) in [7, 11) is 1.35. The Hall–Kier alpha value is -4.56. The van der Waals surface area contributed by atoms with Crippen molar-refractivity contribution in [2.75, 3.05) is 17.1 Å². The van der Waals surface area contributed by atoms with E-state index in [1.54, 1.807) is 0 Å². The van der Waals surface area contributed by atoms with Crippen molar-refractivity contribution >= 4 is 50.5 Å². The molecule has 1 N–H and O–H groups in total. The number of amides is 2. The van der Waals surface area contributed by atoms with Crippen molar-refractivity contribution in [1.29, 1.82) is 0 Å². The van der Waals surface area contributed by atoms with Crippen LogP contribution in [0.1, 0.15) is 11.6 Å². The molecule has 13 nitrogen and oxygen atoms in total. The monoisotopic (exact) mass is 584 g/mol. The van der Waals surface area contributed by atoms with E-state index in [1.165, 1.54) is 72.8 Å². The van der Waals surface area contributed by atoms with E-state index >= 15 is 0 Å². The van der Waals surface area contributed by atoms with Gasteiger partial charge in [0, 0.05) is 24.3 Å². The van der Waals surface area contributed by atoms with Gasteiger partial charge in [0.1, 0.15) is 5.92 Å². The number of carbonyl (C=O) groups excluding carboxylic acids is 2. The van der Waals surface area contributed by atoms with Crippen LogP contribution in [-0.4, -0.2) is 40.0 Å². The summed E-state index contributed by atoms with van der Waals surface area (Å²) in [6, 6.07) is 12.5. The number of nitrogens with zero attached hydrogens (tertiary/aromatic N) is 4. The van der Waals surface area contributed by atoms with Gasteiger partial charge in [-0.05, 0) is 51.8 Å². The normalized spacial score (nSPS) is 20.5. The van der Waals surface area contributed by atoms with Gasteiger partial charge in [0.05, 0.1) is 38.8 Å². The molecule has 2 fully saturated rings. The van der Waals surface area contributed by atoms with Crippen LogP contribution < -0.4 is 14.7 Å². The molecule has 0 saturated carbocycles. The number of hydrogen-bond acceptors (Lipinski definition) is 10. The van der Waals surface area contributed by atoms with Crippen molar-refractivity contribution in [3.05, 3.63) is 90.9 Å². The van der Waals surface area contributed by atoms with Crippen molar-refractivity contribution < 1.29 is 34.1 Å². The van der Waals surface area contributed by atoms with Crippen molar-refractivity contribution in [3.8, 4) is 11.5 Å². The van der Waals surface area contributed by atoms with E-state index in [-0.39, 0.29) is 38.7 Å². The zero-order chi connectivity index (χ0) is 27.3. The van der Waals surface area contributed by atoms with Crippen molar-refractivity contribution in [2.45, 2.75) is 12.1 Å². The van der Waals surface area contributed by atoms with E-state index in [1.807, 2.05) is 0 Å². The smallest absolute Gasteiger partial charge is 0.271 e. The molecule has 3 unspecified atom stereocenters. The maximum absolute atomic E-state index is 13.7. The van der Waals surface area contributed by atoms with E-state index < -0.39 is 39.7 Å². The van der Waals surface area contributed by atoms with Crippen LogP contribution in [0.2, 0.25) is 0 Å². The molecule has 2 saturated heterocycles. The first-order chi connectivity index (χ1) is 18.1. The summed E-state index contributed by atoms with van der Waals surface area (Å²) in [4.78, 5) is 55.3. The largest absolute Gasteiger partial charge is 0.503 e. The molecule has 3 aromatic rings. The SMILES string of the molecule is COc1cc(C2C3C(=O)N(c4ccc([N+](=O)[O-])cc4)C(=O)C3ON2c2cccc([N+](=O)[O-])c2)cc(Br)c1O. The topological polar surface area (TPSA) is 166 Å². The summed E-state index contributed by atoms with van der Waals surface area (Å²) in [5.41, 5.74) is 0.340. The third-order valence-corrected chi connectivity index (χ3v) is 6.95. The summed E-state index contributed by atoms with van der Waals surface area (Å²) in [5, 5.41) is 34.0. The Labute approximate surface area is 222 Å². The van der Waals surface area contributed by atoms with Gasteiger partial charge in [-0.1, -0.05) is 6.07 Å². The number of non-ortho nitro benzene ring substituents is 2. The zero-order valence-corrected chi connectivity index (χ0v) is 21.0. The van der Waals surface area contributed by atoms with Gasteiger partial charge < -0.3 is 9.84 Å². The number of hydrogen-bond donors (Lipinski definition) is 1. The second-order valence-electron chi connectivity index (χ2n) is 8.44. The first kappa shape index (κ1) is 25.1. The molecule has 194 valence electrons. The summed E-state index contributed by atoms with van der Waals surface area (Å²) in [6.45, 7) is 0. The van der Waals surface area contributed by atoms with E-state index in [4.69, 9.17) is 9.57 Å². The minimum Gasteiger partial charge on any atom is -0.503 e. The van der Waals surface area contributed by atoms with Crippen LogP contribution in [-0.2, 0) is 14.4 Å². The molecule has 3 aromatic carbocycles. The standard InChI is InChI=1S/C24H17BrN4O9/c1-37-18-10-12(9-17(25)21(18)30)20-19-22(38-27(20)15-3-2-4-16(11-15)29(35)36)24(32)26(23(19)31)13-5-7-14(8-6-13)28(33)34/h2-11,19-20,22,30H,1H3. The molecule has 0 aliphatic carbocycles. The molecular weight excluding hydrogens is 568 g/mol. The average Bonchev–Trinajstić information content (AvgIpc) is 3.41. The van der Waals surface area contributed by atoms with Crippen LogP contribution in [0, 0.1) is 26.1 Å². The van der Waals surface area contributed by atoms with Crippen LogP contribution in [0.15, 0.2) is 65.1 Å². The fourth-order valence-electron chi connectivity index (χ4n) is 4.62. The van der Waals surface area contributed by atoms with Crippen molar-refractivity contribution in [1.82, 2.24) is 0 Å². The lowest BCUT2D eigenvalue weighted by Crippen LogP contribution is -2.37. The van der Waals surface area contributed by atoms with Gasteiger partial charge in [-0.2, -0.15) is 0 Å². The van der Waals surface area contributed by atoms with Crippen LogP contribution in [0.4, 0.5) is 22.7 Å². The van der Waals surface area contributed by atoms with Gasteiger partial charge in [0.2, 0.25) is 5.91 Å². The fourth-order valence-corrected chi connectivity index (χ4v) is 5.08. The van der Waals surface area contributed by atoms with Gasteiger partial charge in [0.15, 0.2) is 17.6 Å². The zero-order valence-electron chi connectivity index (χ0n) is 19.4. The van der Waals surface area contributed by atoms with Gasteiger partial charge in [-0.3, -0.25) is 34.7 Å². The number of phenols is 1. The lowest BCUT2D eigenvalue weighted by molar-refractivity contribution is -0.385. The Kier molecular flexibility index (Phi) is 6.20. The Morgan fingerprint density at radius 1 is 0.947 bits per heavy atom. The number of anilines is 2. The second kappa shape index (κ2) is 9.39. The highest BCUT2D eigenvalue weighted by molar-refractivity contribution is 9.10. The third kappa shape index (κ3) is 3.99. The molecule has 2 aliphatic heterocycles. The van der Waals surface area contributed by atoms with Crippen LogP contribution in [0.5, 0.6) is 11.5 Å². The number of aromatic hydroxyl groups is 1. The molecule has 5 rings (SSSR count). The predicted octanol–water partition coefficient (Wildman–Crippen LogP) is 4.03. The molecule has 0 radical (unpaired) electrons. The number of phenolic OH excluding ortho intramolecular Hbond substituents is 1. The fraction of sp³-hybridized carbons (Fsp3) is 0.167. The van der Waals surface area contributed by atoms with Crippen LogP contribution in [0.3, 0.4) is 0 Å². The Bertz CT molecular complexity index is 1500. The van der Waals surface area contributed by atoms with Crippen molar-refractivity contribution in [2.24, 2.45) is 5.92 Å². The highest BCUT2D eigenvalue weighted by Crippen LogP contribution is 2.50. The maximum atomic E-state index is 13.7. The molecule has 2 heterocycles. The number of nitro benzene ring substituents is 2. The molecular formula is C24H17BrN4O9. The number of hydroxylamine groups is 1. The first-order valence-electron chi connectivity index (χ1n) is 11.0. The summed E-state index contributed by atoms with van der Waals surface area (Å²) >= 11 is 3.26. The first-order valence-corrected chi connectivity index (χ1v) is 11.8. The Morgan fingerprint density at radius 3 is 2.26 bits per heavy atom. The van der Waals surface area contributed by atoms with Gasteiger partial charge >= 0.3 is 0 Å². The molecule has 3 atom stereocenters. The number of rotatable bonds is 6. The van der Waals surface area contributed by atoms with E-state index in [2.05, 4.69) is 15.9 Å². The molecule has 2 amide bonds. The number of imide groups is 1. The lowest BCUT2D eigenvalue weighted by atomic mass is 9.90. The number of fused-ring (bicyclic) bond motifs is 1. The van der Waals surface area contributed by atoms with Gasteiger partial charge in [-0.25, -0.2) is 9.96 Å². The molecule has 2 aliphatic rings. The highest BCUT2D eigenvalue weighted by atomic mass is 79.9. The Balaban J connectivity index is 1.62. The van der Waals surface area contributed by atoms with Crippen LogP contribution in [0.25, 0.3) is 0 Å². The highest BCUT2D eigenvalue weighted by Gasteiger charge is 2.60. The van der Waals surface area contributed by atoms with Crippen LogP contribution >= 0.6 is 15.9 Å². The Morgan fingerprint density at radius 2 is 1.63 bits per heavy atom. The molecule has 0 aromatic heterocycles. The van der Waals surface area contributed by atoms with Crippen molar-refractivity contribution in [3.63, 3.8) is 0 Å². The lowest BCUT2D eigenvalue weighted by Gasteiger charge is -2.29. The van der Waals surface area contributed by atoms with Gasteiger partial charge in [0.25, 0.3) is 17.3 Å². The number of methoxy groups -OCH3 is 1.